The zero-order valence-corrected chi connectivity index (χ0v) is 10.5. The Balaban J connectivity index is 2.00. The van der Waals surface area contributed by atoms with E-state index < -0.39 is 0 Å². The molecule has 0 radical (unpaired) electrons. The predicted octanol–water partition coefficient (Wildman–Crippen LogP) is 2.30. The number of nitrogens with zero attached hydrogens (tertiary/aromatic N) is 2. The van der Waals surface area contributed by atoms with E-state index in [1.807, 2.05) is 0 Å². The van der Waals surface area contributed by atoms with Crippen molar-refractivity contribution < 1.29 is 0 Å². The molecule has 2 aliphatic rings. The summed E-state index contributed by atoms with van der Waals surface area (Å²) < 4.78 is 0. The van der Waals surface area contributed by atoms with Gasteiger partial charge in [-0.1, -0.05) is 25.1 Å². The number of para-hydroxylation sites is 1. The fraction of sp³-hybridized carbons (Fsp3) is 0.500. The van der Waals surface area contributed by atoms with Crippen LogP contribution in [0.5, 0.6) is 0 Å². The lowest BCUT2D eigenvalue weighted by Crippen LogP contribution is -2.59. The highest BCUT2D eigenvalue weighted by Gasteiger charge is 2.51. The Morgan fingerprint density at radius 3 is 2.71 bits per heavy atom. The van der Waals surface area contributed by atoms with Crippen LogP contribution < -0.4 is 10.6 Å². The molecule has 3 nitrogen and oxygen atoms in total. The first-order chi connectivity index (χ1) is 8.12. The third kappa shape index (κ3) is 1.45. The third-order valence-electron chi connectivity index (χ3n) is 4.05. The minimum Gasteiger partial charge on any atom is -0.369 e. The zero-order chi connectivity index (χ0) is 12.0. The number of hydrogen-bond acceptors (Lipinski definition) is 3. The van der Waals surface area contributed by atoms with Crippen LogP contribution in [0.25, 0.3) is 0 Å². The normalized spacial score (nSPS) is 31.5. The van der Waals surface area contributed by atoms with Crippen LogP contribution in [-0.4, -0.2) is 18.0 Å². The summed E-state index contributed by atoms with van der Waals surface area (Å²) in [5.41, 5.74) is 8.75. The lowest BCUT2D eigenvalue weighted by molar-refractivity contribution is 0.182. The first-order valence-corrected chi connectivity index (χ1v) is 6.28. The maximum atomic E-state index is 6.09. The topological polar surface area (TPSA) is 41.6 Å². The number of aliphatic imine (C=N–C) groups is 1. The van der Waals surface area contributed by atoms with Gasteiger partial charge in [0.15, 0.2) is 5.96 Å². The number of benzene rings is 1. The average Bonchev–Trinajstić information content (AvgIpc) is 2.58. The van der Waals surface area contributed by atoms with Crippen LogP contribution in [0.1, 0.15) is 25.3 Å². The second kappa shape index (κ2) is 3.49. The second-order valence-electron chi connectivity index (χ2n) is 5.53. The maximum absolute atomic E-state index is 6.09. The van der Waals surface area contributed by atoms with Crippen LogP contribution in [0.2, 0.25) is 0 Å². The standard InChI is InChI=1S/C14H19N3/c1-10-7-14(8-10)9-16-13(15)17(14)12-6-4-3-5-11(12)2/h3-6,10H,7-9H2,1-2H3,(H2,15,16). The van der Waals surface area contributed by atoms with Gasteiger partial charge in [0.2, 0.25) is 0 Å². The van der Waals surface area contributed by atoms with E-state index >= 15 is 0 Å². The molecule has 90 valence electrons. The van der Waals surface area contributed by atoms with Crippen LogP contribution in [0.4, 0.5) is 5.69 Å². The van der Waals surface area contributed by atoms with Crippen molar-refractivity contribution in [2.45, 2.75) is 32.2 Å². The van der Waals surface area contributed by atoms with Gasteiger partial charge < -0.3 is 10.6 Å². The smallest absolute Gasteiger partial charge is 0.196 e. The molecule has 0 bridgehead atoms. The van der Waals surface area contributed by atoms with E-state index in [2.05, 4.69) is 48.0 Å². The van der Waals surface area contributed by atoms with Crippen LogP contribution >= 0.6 is 0 Å². The van der Waals surface area contributed by atoms with E-state index in [1.165, 1.54) is 24.1 Å². The van der Waals surface area contributed by atoms with Crippen LogP contribution in [0, 0.1) is 12.8 Å². The fourth-order valence-corrected chi connectivity index (χ4v) is 3.35. The van der Waals surface area contributed by atoms with Gasteiger partial charge in [-0.05, 0) is 37.3 Å². The molecule has 3 heteroatoms. The summed E-state index contributed by atoms with van der Waals surface area (Å²) in [6.45, 7) is 5.30. The number of aryl methyl sites for hydroxylation is 1. The van der Waals surface area contributed by atoms with E-state index in [9.17, 15) is 0 Å². The Morgan fingerprint density at radius 1 is 1.35 bits per heavy atom. The van der Waals surface area contributed by atoms with Gasteiger partial charge in [-0.25, -0.2) is 0 Å². The van der Waals surface area contributed by atoms with Crippen molar-refractivity contribution in [1.82, 2.24) is 0 Å². The number of hydrogen-bond donors (Lipinski definition) is 1. The molecule has 1 heterocycles. The van der Waals surface area contributed by atoms with Crippen molar-refractivity contribution in [3.63, 3.8) is 0 Å². The summed E-state index contributed by atoms with van der Waals surface area (Å²) in [4.78, 5) is 6.73. The van der Waals surface area contributed by atoms with Gasteiger partial charge in [-0.15, -0.1) is 0 Å². The van der Waals surface area contributed by atoms with E-state index in [4.69, 9.17) is 5.73 Å². The van der Waals surface area contributed by atoms with Crippen LogP contribution in [0.3, 0.4) is 0 Å². The minimum atomic E-state index is 0.176. The van der Waals surface area contributed by atoms with E-state index in [0.717, 1.165) is 12.5 Å². The highest BCUT2D eigenvalue weighted by molar-refractivity contribution is 5.99. The van der Waals surface area contributed by atoms with Gasteiger partial charge in [0.25, 0.3) is 0 Å². The molecule has 2 N–H and O–H groups in total. The van der Waals surface area contributed by atoms with Crippen molar-refractivity contribution in [3.05, 3.63) is 29.8 Å². The SMILES string of the molecule is Cc1ccccc1N1C(N)=NCC12CC(C)C2. The minimum absolute atomic E-state index is 0.176. The predicted molar refractivity (Wildman–Crippen MR) is 71.3 cm³/mol. The van der Waals surface area contributed by atoms with E-state index in [-0.39, 0.29) is 5.54 Å². The summed E-state index contributed by atoms with van der Waals surface area (Å²) in [6, 6.07) is 8.42. The lowest BCUT2D eigenvalue weighted by atomic mass is 9.68. The van der Waals surface area contributed by atoms with Crippen molar-refractivity contribution in [1.29, 1.82) is 0 Å². The molecule has 0 saturated heterocycles. The fourth-order valence-electron chi connectivity index (χ4n) is 3.35. The summed E-state index contributed by atoms with van der Waals surface area (Å²) in [5.74, 6) is 1.48. The molecule has 1 fully saturated rings. The molecule has 0 amide bonds. The Hall–Kier alpha value is -1.51. The van der Waals surface area contributed by atoms with Crippen LogP contribution in [0.15, 0.2) is 29.3 Å². The highest BCUT2D eigenvalue weighted by Crippen LogP contribution is 2.47. The van der Waals surface area contributed by atoms with Crippen molar-refractivity contribution in [3.8, 4) is 0 Å². The number of nitrogens with two attached hydrogens (primary N) is 1. The number of rotatable bonds is 1. The summed E-state index contributed by atoms with van der Waals surface area (Å²) in [7, 11) is 0. The van der Waals surface area contributed by atoms with Gasteiger partial charge in [0.1, 0.15) is 0 Å². The maximum Gasteiger partial charge on any atom is 0.196 e. The molecule has 1 aromatic rings. The van der Waals surface area contributed by atoms with Gasteiger partial charge in [-0.2, -0.15) is 0 Å². The Bertz CT molecular complexity index is 472. The number of anilines is 1. The molecule has 17 heavy (non-hydrogen) atoms. The van der Waals surface area contributed by atoms with Gasteiger partial charge in [0.05, 0.1) is 12.1 Å². The molecule has 0 unspecified atom stereocenters. The second-order valence-corrected chi connectivity index (χ2v) is 5.53. The monoisotopic (exact) mass is 229 g/mol. The zero-order valence-electron chi connectivity index (χ0n) is 10.5. The first kappa shape index (κ1) is 10.6. The van der Waals surface area contributed by atoms with Gasteiger partial charge in [-0.3, -0.25) is 4.99 Å². The quantitative estimate of drug-likeness (QED) is 0.802. The Kier molecular flexibility index (Phi) is 2.18. The van der Waals surface area contributed by atoms with Gasteiger partial charge >= 0.3 is 0 Å². The summed E-state index contributed by atoms with van der Waals surface area (Å²) in [6.07, 6.45) is 2.40. The Labute approximate surface area is 102 Å². The van der Waals surface area contributed by atoms with Crippen molar-refractivity contribution in [2.75, 3.05) is 11.4 Å². The summed E-state index contributed by atoms with van der Waals surface area (Å²) in [5, 5.41) is 0. The molecular formula is C14H19N3. The van der Waals surface area contributed by atoms with Crippen LogP contribution in [-0.2, 0) is 0 Å². The first-order valence-electron chi connectivity index (χ1n) is 6.28. The van der Waals surface area contributed by atoms with Crippen molar-refractivity contribution >= 4 is 11.6 Å². The third-order valence-corrected chi connectivity index (χ3v) is 4.05. The largest absolute Gasteiger partial charge is 0.369 e. The molecule has 1 saturated carbocycles. The molecule has 3 rings (SSSR count). The molecular weight excluding hydrogens is 210 g/mol. The summed E-state index contributed by atoms with van der Waals surface area (Å²) >= 11 is 0. The van der Waals surface area contributed by atoms with E-state index in [0.29, 0.717) is 5.96 Å². The highest BCUT2D eigenvalue weighted by atomic mass is 15.4. The van der Waals surface area contributed by atoms with E-state index in [1.54, 1.807) is 0 Å². The Morgan fingerprint density at radius 2 is 2.06 bits per heavy atom. The molecule has 0 aromatic heterocycles. The molecule has 0 atom stereocenters. The lowest BCUT2D eigenvalue weighted by Gasteiger charge is -2.50. The molecule has 1 spiro atoms. The van der Waals surface area contributed by atoms with Gasteiger partial charge in [0, 0.05) is 5.69 Å². The molecule has 1 aromatic carbocycles. The molecule has 1 aliphatic carbocycles. The number of guanidine groups is 1. The average molecular weight is 229 g/mol. The molecule has 1 aliphatic heterocycles. The van der Waals surface area contributed by atoms with Crippen molar-refractivity contribution in [2.24, 2.45) is 16.6 Å².